The number of rotatable bonds is 2. The number of carbonyl (C=O) groups excluding carboxylic acids is 2. The Morgan fingerprint density at radius 2 is 1.92 bits per heavy atom. The van der Waals surface area contributed by atoms with E-state index in [0.717, 1.165) is 37.3 Å². The average molecular weight is 342 g/mol. The molecule has 1 aromatic rings. The zero-order valence-corrected chi connectivity index (χ0v) is 14.8. The maximum Gasteiger partial charge on any atom is 0.250 e. The summed E-state index contributed by atoms with van der Waals surface area (Å²) in [6.45, 7) is 5.33. The lowest BCUT2D eigenvalue weighted by Crippen LogP contribution is -2.60. The maximum absolute atomic E-state index is 12.9. The van der Waals surface area contributed by atoms with Crippen LogP contribution >= 0.6 is 0 Å². The molecule has 6 nitrogen and oxygen atoms in total. The van der Waals surface area contributed by atoms with Gasteiger partial charge in [-0.25, -0.2) is 0 Å². The van der Waals surface area contributed by atoms with E-state index in [2.05, 4.69) is 22.5 Å². The second-order valence-corrected chi connectivity index (χ2v) is 7.32. The lowest BCUT2D eigenvalue weighted by Gasteiger charge is -2.45. The van der Waals surface area contributed by atoms with Gasteiger partial charge < -0.3 is 15.5 Å². The van der Waals surface area contributed by atoms with Crippen LogP contribution in [-0.4, -0.2) is 59.4 Å². The zero-order valence-electron chi connectivity index (χ0n) is 14.8. The molecule has 3 heterocycles. The third kappa shape index (κ3) is 2.78. The fourth-order valence-electron chi connectivity index (χ4n) is 4.41. The lowest BCUT2D eigenvalue weighted by atomic mass is 9.84. The topological polar surface area (TPSA) is 64.7 Å². The number of hydrogen-bond acceptors (Lipinski definition) is 4. The number of amides is 2. The van der Waals surface area contributed by atoms with Gasteiger partial charge in [0.2, 0.25) is 11.8 Å². The highest BCUT2D eigenvalue weighted by Gasteiger charge is 2.46. The molecule has 3 aliphatic rings. The molecule has 0 unspecified atom stereocenters. The molecule has 25 heavy (non-hydrogen) atoms. The van der Waals surface area contributed by atoms with Crippen molar-refractivity contribution in [3.63, 3.8) is 0 Å². The van der Waals surface area contributed by atoms with Crippen molar-refractivity contribution in [1.29, 1.82) is 0 Å². The van der Waals surface area contributed by atoms with Crippen LogP contribution in [-0.2, 0) is 9.59 Å². The number of piperidine rings is 1. The highest BCUT2D eigenvalue weighted by molar-refractivity contribution is 6.06. The van der Waals surface area contributed by atoms with Gasteiger partial charge in [-0.05, 0) is 50.9 Å². The second-order valence-electron chi connectivity index (χ2n) is 7.32. The number of nitrogens with zero attached hydrogens (tertiary/aromatic N) is 2. The fourth-order valence-corrected chi connectivity index (χ4v) is 4.41. The van der Waals surface area contributed by atoms with Crippen molar-refractivity contribution in [2.45, 2.75) is 44.2 Å². The number of carbonyl (C=O) groups is 2. The molecular weight excluding hydrogens is 316 g/mol. The second kappa shape index (κ2) is 6.33. The van der Waals surface area contributed by atoms with Crippen LogP contribution in [0.15, 0.2) is 24.3 Å². The molecular formula is C19H26N4O2. The summed E-state index contributed by atoms with van der Waals surface area (Å²) in [4.78, 5) is 29.8. The Morgan fingerprint density at radius 3 is 2.64 bits per heavy atom. The van der Waals surface area contributed by atoms with Gasteiger partial charge in [0.05, 0.1) is 17.4 Å². The van der Waals surface area contributed by atoms with E-state index in [1.54, 1.807) is 0 Å². The molecule has 0 bridgehead atoms. The normalized spacial score (nSPS) is 25.4. The Kier molecular flexibility index (Phi) is 4.15. The van der Waals surface area contributed by atoms with Crippen molar-refractivity contribution < 1.29 is 9.59 Å². The molecule has 2 fully saturated rings. The van der Waals surface area contributed by atoms with Crippen molar-refractivity contribution in [3.8, 4) is 0 Å². The molecule has 0 aromatic heterocycles. The molecule has 6 heteroatoms. The molecule has 1 aromatic carbocycles. The Labute approximate surface area is 148 Å². The monoisotopic (exact) mass is 342 g/mol. The van der Waals surface area contributed by atoms with Crippen LogP contribution in [0.1, 0.15) is 32.6 Å². The summed E-state index contributed by atoms with van der Waals surface area (Å²) in [5.41, 5.74) is 1.21. The van der Waals surface area contributed by atoms with Crippen molar-refractivity contribution in [2.75, 3.05) is 36.8 Å². The smallest absolute Gasteiger partial charge is 0.250 e. The molecule has 0 saturated carbocycles. The van der Waals surface area contributed by atoms with Gasteiger partial charge in [-0.3, -0.25) is 14.5 Å². The first kappa shape index (κ1) is 16.4. The van der Waals surface area contributed by atoms with E-state index in [-0.39, 0.29) is 17.9 Å². The first-order valence-corrected chi connectivity index (χ1v) is 9.34. The number of likely N-dealkylation sites (N-methyl/N-ethyl adjacent to an activating group) is 1. The van der Waals surface area contributed by atoms with E-state index >= 15 is 0 Å². The first-order valence-electron chi connectivity index (χ1n) is 9.34. The number of likely N-dealkylation sites (tertiary alicyclic amines) is 2. The van der Waals surface area contributed by atoms with E-state index in [0.29, 0.717) is 25.9 Å². The minimum Gasteiger partial charge on any atom is -0.369 e. The van der Waals surface area contributed by atoms with Crippen LogP contribution in [0.5, 0.6) is 0 Å². The van der Waals surface area contributed by atoms with Crippen LogP contribution in [0.25, 0.3) is 0 Å². The predicted molar refractivity (Wildman–Crippen MR) is 97.5 cm³/mol. The van der Waals surface area contributed by atoms with Crippen molar-refractivity contribution in [1.82, 2.24) is 9.80 Å². The van der Waals surface area contributed by atoms with Gasteiger partial charge in [-0.2, -0.15) is 0 Å². The van der Waals surface area contributed by atoms with Gasteiger partial charge >= 0.3 is 0 Å². The highest BCUT2D eigenvalue weighted by atomic mass is 16.2. The number of hydrogen-bond donors (Lipinski definition) is 2. The van der Waals surface area contributed by atoms with E-state index in [9.17, 15) is 9.59 Å². The molecule has 2 N–H and O–H groups in total. The summed E-state index contributed by atoms with van der Waals surface area (Å²) in [5.74, 6) is 0.264. The Morgan fingerprint density at radius 1 is 1.20 bits per heavy atom. The minimum atomic E-state index is -0.592. The molecule has 134 valence electrons. The number of fused-ring (bicyclic) bond motifs is 1. The summed E-state index contributed by atoms with van der Waals surface area (Å²) in [5, 5.41) is 6.47. The molecule has 1 spiro atoms. The maximum atomic E-state index is 12.9. The van der Waals surface area contributed by atoms with Gasteiger partial charge in [-0.15, -0.1) is 0 Å². The van der Waals surface area contributed by atoms with Gasteiger partial charge in [0, 0.05) is 13.1 Å². The largest absolute Gasteiger partial charge is 0.369 e. The summed E-state index contributed by atoms with van der Waals surface area (Å²) in [6, 6.07) is 7.82. The predicted octanol–water partition coefficient (Wildman–Crippen LogP) is 1.90. The van der Waals surface area contributed by atoms with Gasteiger partial charge in [0.1, 0.15) is 5.54 Å². The van der Waals surface area contributed by atoms with Crippen molar-refractivity contribution >= 4 is 23.2 Å². The van der Waals surface area contributed by atoms with Crippen LogP contribution in [0.4, 0.5) is 11.4 Å². The van der Waals surface area contributed by atoms with Crippen LogP contribution in [0.2, 0.25) is 0 Å². The third-order valence-electron chi connectivity index (χ3n) is 5.97. The Bertz CT molecular complexity index is 682. The number of para-hydroxylation sites is 2. The third-order valence-corrected chi connectivity index (χ3v) is 5.97. The summed E-state index contributed by atoms with van der Waals surface area (Å²) in [6.07, 6.45) is 3.36. The van der Waals surface area contributed by atoms with Crippen LogP contribution < -0.4 is 10.6 Å². The minimum absolute atomic E-state index is 0.0225. The Balaban J connectivity index is 1.45. The molecule has 3 aliphatic heterocycles. The number of nitrogens with one attached hydrogen (secondary N) is 2. The van der Waals surface area contributed by atoms with E-state index in [1.165, 1.54) is 0 Å². The van der Waals surface area contributed by atoms with Crippen molar-refractivity contribution in [3.05, 3.63) is 24.3 Å². The van der Waals surface area contributed by atoms with Crippen molar-refractivity contribution in [2.24, 2.45) is 0 Å². The molecule has 4 rings (SSSR count). The SMILES string of the molecule is CCN1CCC[C@@H]1C(=O)N1CCC2(CC1)Nc1ccccc1NC2=O. The average Bonchev–Trinajstić information content (AvgIpc) is 3.11. The van der Waals surface area contributed by atoms with E-state index < -0.39 is 5.54 Å². The Hall–Kier alpha value is -2.08. The van der Waals surface area contributed by atoms with Gasteiger partial charge in [0.15, 0.2) is 0 Å². The first-order chi connectivity index (χ1) is 12.1. The fraction of sp³-hybridized carbons (Fsp3) is 0.579. The lowest BCUT2D eigenvalue weighted by molar-refractivity contribution is -0.139. The number of benzene rings is 1. The summed E-state index contributed by atoms with van der Waals surface area (Å²) < 4.78 is 0. The van der Waals surface area contributed by atoms with E-state index in [1.807, 2.05) is 29.2 Å². The summed E-state index contributed by atoms with van der Waals surface area (Å²) >= 11 is 0. The molecule has 0 aliphatic carbocycles. The standard InChI is InChI=1S/C19H26N4O2/c1-2-22-11-5-8-16(22)17(24)23-12-9-19(10-13-23)18(25)20-14-6-3-4-7-15(14)21-19/h3-4,6-7,16,21H,2,5,8-13H2,1H3,(H,20,25)/t16-/m1/s1. The quantitative estimate of drug-likeness (QED) is 0.862. The van der Waals surface area contributed by atoms with Crippen LogP contribution in [0, 0.1) is 0 Å². The molecule has 2 amide bonds. The van der Waals surface area contributed by atoms with E-state index in [4.69, 9.17) is 0 Å². The van der Waals surface area contributed by atoms with Crippen LogP contribution in [0.3, 0.4) is 0 Å². The molecule has 0 radical (unpaired) electrons. The van der Waals surface area contributed by atoms with Gasteiger partial charge in [-0.1, -0.05) is 19.1 Å². The molecule has 1 atom stereocenters. The highest BCUT2D eigenvalue weighted by Crippen LogP contribution is 2.36. The summed E-state index contributed by atoms with van der Waals surface area (Å²) in [7, 11) is 0. The number of anilines is 2. The zero-order chi connectivity index (χ0) is 17.4. The van der Waals surface area contributed by atoms with Gasteiger partial charge in [0.25, 0.3) is 0 Å². The molecule has 2 saturated heterocycles.